The molecule has 0 bridgehead atoms. The van der Waals surface area contributed by atoms with Crippen LogP contribution in [0.25, 0.3) is 32.9 Å². The van der Waals surface area contributed by atoms with Crippen molar-refractivity contribution < 1.29 is 4.42 Å². The Bertz CT molecular complexity index is 854. The largest absolute Gasteiger partial charge is 0.443 e. The molecule has 2 aromatic carbocycles. The molecule has 2 aromatic heterocycles. The zero-order valence-corrected chi connectivity index (χ0v) is 9.34. The molecule has 0 atom stereocenters. The minimum absolute atomic E-state index is 0.874. The Hall–Kier alpha value is -2.29. The van der Waals surface area contributed by atoms with Crippen molar-refractivity contribution in [1.29, 1.82) is 0 Å². The molecule has 2 heterocycles. The van der Waals surface area contributed by atoms with Gasteiger partial charge in [-0.25, -0.2) is 4.98 Å². The lowest BCUT2D eigenvalue weighted by Gasteiger charge is -1.96. The number of hydrogen-bond acceptors (Lipinski definition) is 2. The predicted octanol–water partition coefficient (Wildman–Crippen LogP) is 3.47. The van der Waals surface area contributed by atoms with Crippen LogP contribution in [0.2, 0.25) is 0 Å². The monoisotopic (exact) mass is 222 g/mol. The molecule has 0 N–H and O–H groups in total. The van der Waals surface area contributed by atoms with Gasteiger partial charge in [0.25, 0.3) is 0 Å². The normalized spacial score (nSPS) is 11.8. The number of benzene rings is 2. The van der Waals surface area contributed by atoms with Crippen molar-refractivity contribution >= 4 is 32.9 Å². The average Bonchev–Trinajstić information content (AvgIpc) is 2.93. The molecule has 0 fully saturated rings. The molecular formula is C14H10N2O. The standard InChI is InChI=1S/C14H10N2O/c1-16-11-5-3-2-4-9(11)13-12(16)7-6-10-14(13)17-8-15-10/h2-8H,1H3. The van der Waals surface area contributed by atoms with E-state index in [0.717, 1.165) is 16.5 Å². The van der Waals surface area contributed by atoms with Gasteiger partial charge in [0.1, 0.15) is 5.52 Å². The van der Waals surface area contributed by atoms with Crippen molar-refractivity contribution in [2.45, 2.75) is 0 Å². The maximum atomic E-state index is 5.53. The van der Waals surface area contributed by atoms with E-state index >= 15 is 0 Å². The van der Waals surface area contributed by atoms with Crippen molar-refractivity contribution in [2.75, 3.05) is 0 Å². The molecule has 0 aliphatic rings. The van der Waals surface area contributed by atoms with Gasteiger partial charge in [-0.15, -0.1) is 0 Å². The Morgan fingerprint density at radius 2 is 1.94 bits per heavy atom. The van der Waals surface area contributed by atoms with Crippen LogP contribution in [0.1, 0.15) is 0 Å². The Kier molecular flexibility index (Phi) is 1.50. The van der Waals surface area contributed by atoms with Crippen LogP contribution in [-0.2, 0) is 7.05 Å². The Labute approximate surface area is 97.3 Å². The Morgan fingerprint density at radius 1 is 1.06 bits per heavy atom. The van der Waals surface area contributed by atoms with Crippen molar-refractivity contribution in [1.82, 2.24) is 9.55 Å². The van der Waals surface area contributed by atoms with E-state index in [2.05, 4.69) is 46.9 Å². The highest BCUT2D eigenvalue weighted by Gasteiger charge is 2.12. The molecular weight excluding hydrogens is 212 g/mol. The van der Waals surface area contributed by atoms with Crippen LogP contribution in [0.5, 0.6) is 0 Å². The lowest BCUT2D eigenvalue weighted by molar-refractivity contribution is 0.605. The molecule has 4 aromatic rings. The molecule has 4 rings (SSSR count). The smallest absolute Gasteiger partial charge is 0.182 e. The number of nitrogens with zero attached hydrogens (tertiary/aromatic N) is 2. The fourth-order valence-corrected chi connectivity index (χ4v) is 2.57. The van der Waals surface area contributed by atoms with Gasteiger partial charge >= 0.3 is 0 Å². The van der Waals surface area contributed by atoms with Gasteiger partial charge in [-0.1, -0.05) is 18.2 Å². The van der Waals surface area contributed by atoms with Crippen molar-refractivity contribution in [2.24, 2.45) is 7.05 Å². The van der Waals surface area contributed by atoms with Gasteiger partial charge < -0.3 is 8.98 Å². The molecule has 0 spiro atoms. The third-order valence-electron chi connectivity index (χ3n) is 3.37. The third kappa shape index (κ3) is 0.984. The van der Waals surface area contributed by atoms with Gasteiger partial charge in [0, 0.05) is 18.0 Å². The number of oxazole rings is 1. The number of aromatic nitrogens is 2. The molecule has 0 aliphatic heterocycles. The van der Waals surface area contributed by atoms with Crippen LogP contribution >= 0.6 is 0 Å². The van der Waals surface area contributed by atoms with E-state index in [-0.39, 0.29) is 0 Å². The molecule has 82 valence electrons. The van der Waals surface area contributed by atoms with Gasteiger partial charge in [-0.05, 0) is 18.2 Å². The van der Waals surface area contributed by atoms with E-state index in [1.165, 1.54) is 22.8 Å². The minimum Gasteiger partial charge on any atom is -0.443 e. The fraction of sp³-hybridized carbons (Fsp3) is 0.0714. The number of aryl methyl sites for hydroxylation is 1. The predicted molar refractivity (Wildman–Crippen MR) is 68.0 cm³/mol. The SMILES string of the molecule is Cn1c2ccccc2c2c3ocnc3ccc21. The van der Waals surface area contributed by atoms with Crippen LogP contribution in [0.4, 0.5) is 0 Å². The lowest BCUT2D eigenvalue weighted by Crippen LogP contribution is -1.85. The molecule has 0 unspecified atom stereocenters. The second-order valence-electron chi connectivity index (χ2n) is 4.24. The Balaban J connectivity index is 2.45. The maximum Gasteiger partial charge on any atom is 0.182 e. The van der Waals surface area contributed by atoms with E-state index < -0.39 is 0 Å². The summed E-state index contributed by atoms with van der Waals surface area (Å²) in [6, 6.07) is 12.5. The molecule has 0 amide bonds. The molecule has 0 aliphatic carbocycles. The first kappa shape index (κ1) is 8.82. The van der Waals surface area contributed by atoms with Crippen molar-refractivity contribution in [3.63, 3.8) is 0 Å². The average molecular weight is 222 g/mol. The zero-order chi connectivity index (χ0) is 11.4. The minimum atomic E-state index is 0.874. The molecule has 0 saturated carbocycles. The second-order valence-corrected chi connectivity index (χ2v) is 4.24. The third-order valence-corrected chi connectivity index (χ3v) is 3.37. The van der Waals surface area contributed by atoms with Crippen molar-refractivity contribution in [3.05, 3.63) is 42.8 Å². The summed E-state index contributed by atoms with van der Waals surface area (Å²) in [4.78, 5) is 4.21. The molecule has 3 heteroatoms. The number of fused-ring (bicyclic) bond motifs is 5. The molecule has 0 radical (unpaired) electrons. The first-order valence-electron chi connectivity index (χ1n) is 5.55. The van der Waals surface area contributed by atoms with E-state index in [1.54, 1.807) is 0 Å². The summed E-state index contributed by atoms with van der Waals surface area (Å²) in [5.41, 5.74) is 4.18. The second kappa shape index (κ2) is 2.88. The van der Waals surface area contributed by atoms with Gasteiger partial charge in [-0.2, -0.15) is 0 Å². The van der Waals surface area contributed by atoms with Crippen LogP contribution in [0.15, 0.2) is 47.2 Å². The maximum absolute atomic E-state index is 5.53. The van der Waals surface area contributed by atoms with Crippen LogP contribution in [0.3, 0.4) is 0 Å². The molecule has 3 nitrogen and oxygen atoms in total. The summed E-state index contributed by atoms with van der Waals surface area (Å²) in [6.07, 6.45) is 1.51. The zero-order valence-electron chi connectivity index (χ0n) is 9.34. The van der Waals surface area contributed by atoms with Gasteiger partial charge in [0.05, 0.1) is 10.9 Å². The van der Waals surface area contributed by atoms with Gasteiger partial charge in [0.15, 0.2) is 12.0 Å². The van der Waals surface area contributed by atoms with E-state index in [1.807, 2.05) is 6.07 Å². The quantitative estimate of drug-likeness (QED) is 0.456. The van der Waals surface area contributed by atoms with Crippen LogP contribution in [-0.4, -0.2) is 9.55 Å². The van der Waals surface area contributed by atoms with Crippen LogP contribution in [0, 0.1) is 0 Å². The lowest BCUT2D eigenvalue weighted by atomic mass is 10.1. The van der Waals surface area contributed by atoms with Crippen molar-refractivity contribution in [3.8, 4) is 0 Å². The first-order chi connectivity index (χ1) is 8.36. The highest BCUT2D eigenvalue weighted by atomic mass is 16.3. The number of hydrogen-bond donors (Lipinski definition) is 0. The van der Waals surface area contributed by atoms with Gasteiger partial charge in [0.2, 0.25) is 0 Å². The topological polar surface area (TPSA) is 31.0 Å². The van der Waals surface area contributed by atoms with Gasteiger partial charge in [-0.3, -0.25) is 0 Å². The Morgan fingerprint density at radius 3 is 2.88 bits per heavy atom. The highest BCUT2D eigenvalue weighted by molar-refractivity contribution is 6.18. The first-order valence-corrected chi connectivity index (χ1v) is 5.55. The summed E-state index contributed by atoms with van der Waals surface area (Å²) in [5.74, 6) is 0. The van der Waals surface area contributed by atoms with E-state index in [0.29, 0.717) is 0 Å². The number of para-hydroxylation sites is 1. The van der Waals surface area contributed by atoms with Crippen LogP contribution < -0.4 is 0 Å². The summed E-state index contributed by atoms with van der Waals surface area (Å²) in [6.45, 7) is 0. The summed E-state index contributed by atoms with van der Waals surface area (Å²) in [7, 11) is 2.08. The highest BCUT2D eigenvalue weighted by Crippen LogP contribution is 2.33. The summed E-state index contributed by atoms with van der Waals surface area (Å²) >= 11 is 0. The fourth-order valence-electron chi connectivity index (χ4n) is 2.57. The van der Waals surface area contributed by atoms with E-state index in [4.69, 9.17) is 4.42 Å². The molecule has 0 saturated heterocycles. The number of rotatable bonds is 0. The van der Waals surface area contributed by atoms with E-state index in [9.17, 15) is 0 Å². The summed E-state index contributed by atoms with van der Waals surface area (Å²) < 4.78 is 7.72. The summed E-state index contributed by atoms with van der Waals surface area (Å²) in [5, 5.41) is 2.37. The molecule has 17 heavy (non-hydrogen) atoms.